The minimum atomic E-state index is -4.55. The summed E-state index contributed by atoms with van der Waals surface area (Å²) in [4.78, 5) is 23.5. The van der Waals surface area contributed by atoms with Crippen LogP contribution in [0.3, 0.4) is 0 Å². The molecular formula is C27H25ClF3NO4. The molecule has 0 radical (unpaired) electrons. The zero-order chi connectivity index (χ0) is 26.6. The number of halogens is 4. The summed E-state index contributed by atoms with van der Waals surface area (Å²) in [5, 5.41) is 11.4. The lowest BCUT2D eigenvalue weighted by Crippen LogP contribution is -2.27. The van der Waals surface area contributed by atoms with Crippen LogP contribution in [0.1, 0.15) is 57.6 Å². The molecule has 0 fully saturated rings. The molecule has 3 aromatic rings. The number of benzene rings is 3. The summed E-state index contributed by atoms with van der Waals surface area (Å²) in [5.74, 6) is -0.339. The molecule has 0 aliphatic carbocycles. The van der Waals surface area contributed by atoms with Gasteiger partial charge in [0.1, 0.15) is 11.5 Å². The van der Waals surface area contributed by atoms with Gasteiger partial charge in [-0.05, 0) is 91.9 Å². The highest BCUT2D eigenvalue weighted by molar-refractivity contribution is 6.33. The fraction of sp³-hybridized carbons (Fsp3) is 0.259. The first-order valence-corrected chi connectivity index (χ1v) is 11.5. The van der Waals surface area contributed by atoms with Crippen molar-refractivity contribution in [2.75, 3.05) is 0 Å². The summed E-state index contributed by atoms with van der Waals surface area (Å²) in [7, 11) is 0. The van der Waals surface area contributed by atoms with Crippen LogP contribution in [-0.4, -0.2) is 17.0 Å². The largest absolute Gasteiger partial charge is 0.481 e. The monoisotopic (exact) mass is 519 g/mol. The van der Waals surface area contributed by atoms with Crippen molar-refractivity contribution in [2.24, 2.45) is 0 Å². The number of carbonyl (C=O) groups excluding carboxylic acids is 1. The number of amides is 1. The number of rotatable bonds is 8. The van der Waals surface area contributed by atoms with Gasteiger partial charge in [0.25, 0.3) is 5.91 Å². The number of nitrogens with one attached hydrogen (secondary N) is 1. The Labute approximate surface area is 211 Å². The van der Waals surface area contributed by atoms with Crippen molar-refractivity contribution in [3.63, 3.8) is 0 Å². The molecule has 3 rings (SSSR count). The van der Waals surface area contributed by atoms with Gasteiger partial charge in [-0.25, -0.2) is 0 Å². The molecule has 2 N–H and O–H groups in total. The summed E-state index contributed by atoms with van der Waals surface area (Å²) >= 11 is 5.95. The Morgan fingerprint density at radius 3 is 2.36 bits per heavy atom. The standard InChI is InChI=1S/C27H25ClF3NO4/c1-15-10-19(17(3)32-26(35)23-8-6-20(14-24(23)28)27(29,30)31)13-22(11-15)36-21-7-4-18(16(2)12-21)5-9-25(33)34/h4,6-8,10-14,17H,5,9H2,1-3H3,(H,32,35)(H,33,34). The molecule has 3 aromatic carbocycles. The van der Waals surface area contributed by atoms with E-state index in [2.05, 4.69) is 5.32 Å². The molecule has 0 aliphatic heterocycles. The van der Waals surface area contributed by atoms with Crippen molar-refractivity contribution in [1.82, 2.24) is 5.32 Å². The van der Waals surface area contributed by atoms with Crippen LogP contribution < -0.4 is 10.1 Å². The maximum absolute atomic E-state index is 12.9. The molecule has 0 heterocycles. The van der Waals surface area contributed by atoms with Crippen molar-refractivity contribution in [2.45, 2.75) is 45.8 Å². The van der Waals surface area contributed by atoms with Crippen LogP contribution in [0.2, 0.25) is 5.02 Å². The van der Waals surface area contributed by atoms with Crippen molar-refractivity contribution in [1.29, 1.82) is 0 Å². The number of ether oxygens (including phenoxy) is 1. The van der Waals surface area contributed by atoms with E-state index >= 15 is 0 Å². The lowest BCUT2D eigenvalue weighted by molar-refractivity contribution is -0.138. The first kappa shape index (κ1) is 27.1. The summed E-state index contributed by atoms with van der Waals surface area (Å²) in [5.41, 5.74) is 2.47. The molecular weight excluding hydrogens is 495 g/mol. The van der Waals surface area contributed by atoms with Crippen LogP contribution in [0.25, 0.3) is 0 Å². The Morgan fingerprint density at radius 2 is 1.75 bits per heavy atom. The summed E-state index contributed by atoms with van der Waals surface area (Å²) in [6, 6.07) is 13.0. The fourth-order valence-electron chi connectivity index (χ4n) is 3.71. The average Bonchev–Trinajstić information content (AvgIpc) is 2.77. The average molecular weight is 520 g/mol. The number of carboxylic acid groups (broad SMARTS) is 1. The highest BCUT2D eigenvalue weighted by atomic mass is 35.5. The van der Waals surface area contributed by atoms with E-state index in [-0.39, 0.29) is 17.0 Å². The van der Waals surface area contributed by atoms with E-state index in [1.165, 1.54) is 0 Å². The Kier molecular flexibility index (Phi) is 8.30. The second-order valence-electron chi connectivity index (χ2n) is 8.55. The third kappa shape index (κ3) is 7.01. The first-order valence-electron chi connectivity index (χ1n) is 11.1. The van der Waals surface area contributed by atoms with E-state index in [9.17, 15) is 22.8 Å². The van der Waals surface area contributed by atoms with Crippen LogP contribution in [0.5, 0.6) is 11.5 Å². The quantitative estimate of drug-likeness (QED) is 0.328. The predicted octanol–water partition coefficient (Wildman–Crippen LogP) is 7.28. The lowest BCUT2D eigenvalue weighted by Gasteiger charge is -2.18. The van der Waals surface area contributed by atoms with E-state index in [0.717, 1.165) is 40.5 Å². The SMILES string of the molecule is Cc1cc(Oc2ccc(CCC(=O)O)c(C)c2)cc(C(C)NC(=O)c2ccc(C(F)(F)F)cc2Cl)c1. The van der Waals surface area contributed by atoms with Crippen molar-refractivity contribution in [3.8, 4) is 11.5 Å². The highest BCUT2D eigenvalue weighted by Crippen LogP contribution is 2.33. The van der Waals surface area contributed by atoms with E-state index in [1.807, 2.05) is 38.1 Å². The van der Waals surface area contributed by atoms with Gasteiger partial charge in [-0.15, -0.1) is 0 Å². The van der Waals surface area contributed by atoms with Crippen LogP contribution >= 0.6 is 11.6 Å². The molecule has 1 unspecified atom stereocenters. The van der Waals surface area contributed by atoms with Crippen molar-refractivity contribution in [3.05, 3.63) is 93.0 Å². The van der Waals surface area contributed by atoms with E-state index < -0.39 is 29.7 Å². The minimum Gasteiger partial charge on any atom is -0.481 e. The molecule has 9 heteroatoms. The summed E-state index contributed by atoms with van der Waals surface area (Å²) in [6.07, 6.45) is -4.08. The molecule has 36 heavy (non-hydrogen) atoms. The number of aliphatic carboxylic acids is 1. The molecule has 5 nitrogen and oxygen atoms in total. The normalized spacial score (nSPS) is 12.2. The highest BCUT2D eigenvalue weighted by Gasteiger charge is 2.31. The lowest BCUT2D eigenvalue weighted by atomic mass is 10.0. The predicted molar refractivity (Wildman–Crippen MR) is 131 cm³/mol. The molecule has 0 aromatic heterocycles. The maximum Gasteiger partial charge on any atom is 0.416 e. The Bertz CT molecular complexity index is 1290. The minimum absolute atomic E-state index is 0.0452. The number of hydrogen-bond acceptors (Lipinski definition) is 3. The van der Waals surface area contributed by atoms with Gasteiger partial charge in [-0.3, -0.25) is 9.59 Å². The zero-order valence-electron chi connectivity index (χ0n) is 19.9. The van der Waals surface area contributed by atoms with Crippen LogP contribution in [0.15, 0.2) is 54.6 Å². The van der Waals surface area contributed by atoms with Gasteiger partial charge in [-0.1, -0.05) is 23.7 Å². The zero-order valence-corrected chi connectivity index (χ0v) is 20.6. The molecule has 0 saturated heterocycles. The summed E-state index contributed by atoms with van der Waals surface area (Å²) in [6.45, 7) is 5.50. The van der Waals surface area contributed by atoms with Gasteiger partial charge >= 0.3 is 12.1 Å². The molecule has 0 saturated carbocycles. The molecule has 0 aliphatic rings. The van der Waals surface area contributed by atoms with Crippen LogP contribution in [-0.2, 0) is 17.4 Å². The second kappa shape index (κ2) is 11.0. The molecule has 0 bridgehead atoms. The van der Waals surface area contributed by atoms with Crippen molar-refractivity contribution >= 4 is 23.5 Å². The topological polar surface area (TPSA) is 75.6 Å². The Hall–Kier alpha value is -3.52. The Balaban J connectivity index is 1.74. The Morgan fingerprint density at radius 1 is 1.03 bits per heavy atom. The van der Waals surface area contributed by atoms with Gasteiger partial charge < -0.3 is 15.2 Å². The smallest absolute Gasteiger partial charge is 0.416 e. The van der Waals surface area contributed by atoms with Gasteiger partial charge in [-0.2, -0.15) is 13.2 Å². The van der Waals surface area contributed by atoms with E-state index in [4.69, 9.17) is 21.4 Å². The van der Waals surface area contributed by atoms with Gasteiger partial charge in [0.15, 0.2) is 0 Å². The number of hydrogen-bond donors (Lipinski definition) is 2. The third-order valence-corrected chi connectivity index (χ3v) is 5.93. The van der Waals surface area contributed by atoms with Gasteiger partial charge in [0, 0.05) is 6.42 Å². The molecule has 190 valence electrons. The van der Waals surface area contributed by atoms with E-state index in [0.29, 0.717) is 17.9 Å². The molecule has 1 atom stereocenters. The van der Waals surface area contributed by atoms with Gasteiger partial charge in [0.2, 0.25) is 0 Å². The second-order valence-corrected chi connectivity index (χ2v) is 8.96. The van der Waals surface area contributed by atoms with Crippen molar-refractivity contribution < 1.29 is 32.6 Å². The number of aryl methyl sites for hydroxylation is 3. The molecule has 0 spiro atoms. The fourth-order valence-corrected chi connectivity index (χ4v) is 3.98. The van der Waals surface area contributed by atoms with Gasteiger partial charge in [0.05, 0.1) is 22.2 Å². The first-order chi connectivity index (χ1) is 16.8. The third-order valence-electron chi connectivity index (χ3n) is 5.62. The molecule has 1 amide bonds. The summed E-state index contributed by atoms with van der Waals surface area (Å²) < 4.78 is 44.6. The van der Waals surface area contributed by atoms with E-state index in [1.54, 1.807) is 19.1 Å². The number of carbonyl (C=O) groups is 2. The maximum atomic E-state index is 12.9. The van der Waals surface area contributed by atoms with Crippen LogP contribution in [0, 0.1) is 13.8 Å². The number of carboxylic acids is 1. The number of alkyl halides is 3. The van der Waals surface area contributed by atoms with Crippen LogP contribution in [0.4, 0.5) is 13.2 Å².